The molecule has 3 aromatic carbocycles. The molecule has 0 unspecified atom stereocenters. The van der Waals surface area contributed by atoms with Crippen LogP contribution in [0.5, 0.6) is 23.0 Å². The van der Waals surface area contributed by atoms with E-state index in [0.717, 1.165) is 11.6 Å². The molecule has 40 heavy (non-hydrogen) atoms. The molecule has 1 heterocycles. The molecule has 4 rings (SSSR count). The van der Waals surface area contributed by atoms with E-state index in [2.05, 4.69) is 0 Å². The van der Waals surface area contributed by atoms with Crippen LogP contribution in [0.4, 0.5) is 5.69 Å². The van der Waals surface area contributed by atoms with E-state index in [9.17, 15) is 19.7 Å². The number of non-ortho nitro benzene ring substituents is 1. The fraction of sp³-hybridized carbons (Fsp3) is 0.179. The van der Waals surface area contributed by atoms with Crippen molar-refractivity contribution in [3.8, 4) is 23.0 Å². The second kappa shape index (κ2) is 12.6. The molecular weight excluding hydrogens is 556 g/mol. The zero-order valence-electron chi connectivity index (χ0n) is 21.7. The Balaban J connectivity index is 1.46. The molecule has 0 radical (unpaired) electrons. The summed E-state index contributed by atoms with van der Waals surface area (Å²) in [4.78, 5) is 38.1. The molecule has 0 atom stereocenters. The lowest BCUT2D eigenvalue weighted by Crippen LogP contribution is -2.30. The number of rotatable bonds is 10. The summed E-state index contributed by atoms with van der Waals surface area (Å²) in [6, 6.07) is 15.6. The number of hydrogen-bond acceptors (Lipinski definition) is 10. The third kappa shape index (κ3) is 6.41. The minimum atomic E-state index is -0.773. The van der Waals surface area contributed by atoms with E-state index in [0.29, 0.717) is 39.3 Å². The third-order valence-electron chi connectivity index (χ3n) is 5.93. The highest BCUT2D eigenvalue weighted by molar-refractivity contribution is 8.26. The zero-order valence-corrected chi connectivity index (χ0v) is 23.4. The highest BCUT2D eigenvalue weighted by Crippen LogP contribution is 2.35. The van der Waals surface area contributed by atoms with Gasteiger partial charge < -0.3 is 18.9 Å². The lowest BCUT2D eigenvalue weighted by molar-refractivity contribution is -0.384. The van der Waals surface area contributed by atoms with Crippen LogP contribution in [-0.2, 0) is 11.2 Å². The minimum Gasteiger partial charge on any atom is -0.493 e. The molecule has 0 bridgehead atoms. The maximum Gasteiger partial charge on any atom is 0.343 e. The Morgan fingerprint density at radius 1 is 0.975 bits per heavy atom. The molecule has 1 fully saturated rings. The van der Waals surface area contributed by atoms with Crippen LogP contribution in [0, 0.1) is 10.1 Å². The Morgan fingerprint density at radius 2 is 1.68 bits per heavy atom. The van der Waals surface area contributed by atoms with Crippen molar-refractivity contribution < 1.29 is 33.5 Å². The Hall–Kier alpha value is -4.42. The standard InChI is InChI=1S/C28H24N2O8S2/c1-35-21-9-7-17(13-23(21)36-2)11-12-29-26(31)25(40-28(29)39)15-18-8-10-22(24(14-18)37-3)38-27(32)19-5-4-6-20(16-19)30(33)34/h4-10,13-16H,11-12H2,1-3H3. The number of amides is 1. The third-order valence-corrected chi connectivity index (χ3v) is 7.30. The number of carbonyl (C=O) groups is 2. The Morgan fingerprint density at radius 3 is 2.38 bits per heavy atom. The highest BCUT2D eigenvalue weighted by atomic mass is 32.2. The first kappa shape index (κ1) is 28.6. The molecule has 0 spiro atoms. The predicted octanol–water partition coefficient (Wildman–Crippen LogP) is 5.28. The molecule has 3 aromatic rings. The van der Waals surface area contributed by atoms with Gasteiger partial charge in [0.05, 0.1) is 36.7 Å². The predicted molar refractivity (Wildman–Crippen MR) is 154 cm³/mol. The van der Waals surface area contributed by atoms with Gasteiger partial charge in [-0.1, -0.05) is 42.2 Å². The largest absolute Gasteiger partial charge is 0.493 e. The number of methoxy groups -OCH3 is 3. The summed E-state index contributed by atoms with van der Waals surface area (Å²) in [5, 5.41) is 11.0. The maximum absolute atomic E-state index is 13.1. The molecule has 1 aliphatic heterocycles. The first-order chi connectivity index (χ1) is 19.2. The van der Waals surface area contributed by atoms with Gasteiger partial charge in [-0.2, -0.15) is 0 Å². The number of thioether (sulfide) groups is 1. The lowest BCUT2D eigenvalue weighted by atomic mass is 10.1. The van der Waals surface area contributed by atoms with Crippen molar-refractivity contribution in [3.63, 3.8) is 0 Å². The number of nitro benzene ring substituents is 1. The topological polar surface area (TPSA) is 117 Å². The van der Waals surface area contributed by atoms with Gasteiger partial charge in [-0.05, 0) is 54.0 Å². The molecule has 1 aliphatic rings. The Labute approximate surface area is 239 Å². The number of carbonyl (C=O) groups excluding carboxylic acids is 2. The van der Waals surface area contributed by atoms with E-state index in [1.54, 1.807) is 37.3 Å². The number of hydrogen-bond donors (Lipinski definition) is 0. The van der Waals surface area contributed by atoms with Crippen LogP contribution in [-0.4, -0.2) is 53.9 Å². The summed E-state index contributed by atoms with van der Waals surface area (Å²) in [7, 11) is 4.55. The van der Waals surface area contributed by atoms with Gasteiger partial charge >= 0.3 is 5.97 Å². The van der Waals surface area contributed by atoms with Gasteiger partial charge in [0.2, 0.25) is 0 Å². The average Bonchev–Trinajstić information content (AvgIpc) is 3.23. The zero-order chi connectivity index (χ0) is 28.8. The Kier molecular flexibility index (Phi) is 9.02. The van der Waals surface area contributed by atoms with Crippen LogP contribution in [0.1, 0.15) is 21.5 Å². The maximum atomic E-state index is 13.1. The SMILES string of the molecule is COc1ccc(CCN2C(=O)C(=Cc3ccc(OC(=O)c4cccc([N+](=O)[O-])c4)c(OC)c3)SC2=S)cc1OC. The van der Waals surface area contributed by atoms with Gasteiger partial charge in [-0.15, -0.1) is 0 Å². The van der Waals surface area contributed by atoms with Crippen molar-refractivity contribution in [1.29, 1.82) is 0 Å². The molecule has 12 heteroatoms. The van der Waals surface area contributed by atoms with E-state index in [1.165, 1.54) is 43.1 Å². The van der Waals surface area contributed by atoms with Crippen LogP contribution in [0.3, 0.4) is 0 Å². The molecular formula is C28H24N2O8S2. The summed E-state index contributed by atoms with van der Waals surface area (Å²) in [5.74, 6) is 0.620. The van der Waals surface area contributed by atoms with Crippen molar-refractivity contribution in [2.75, 3.05) is 27.9 Å². The first-order valence-corrected chi connectivity index (χ1v) is 13.1. The van der Waals surface area contributed by atoms with E-state index in [1.807, 2.05) is 18.2 Å². The fourth-order valence-electron chi connectivity index (χ4n) is 3.88. The van der Waals surface area contributed by atoms with E-state index >= 15 is 0 Å². The molecule has 1 amide bonds. The molecule has 1 saturated heterocycles. The van der Waals surface area contributed by atoms with E-state index < -0.39 is 10.9 Å². The normalized spacial score (nSPS) is 13.9. The molecule has 10 nitrogen and oxygen atoms in total. The van der Waals surface area contributed by atoms with Gasteiger partial charge in [0.1, 0.15) is 4.32 Å². The summed E-state index contributed by atoms with van der Waals surface area (Å²) in [5.41, 5.74) is 1.40. The van der Waals surface area contributed by atoms with Crippen LogP contribution in [0.25, 0.3) is 6.08 Å². The fourth-order valence-corrected chi connectivity index (χ4v) is 5.19. The summed E-state index contributed by atoms with van der Waals surface area (Å²) >= 11 is 6.66. The number of benzene rings is 3. The number of ether oxygens (including phenoxy) is 4. The summed E-state index contributed by atoms with van der Waals surface area (Å²) < 4.78 is 21.9. The van der Waals surface area contributed by atoms with Gasteiger partial charge in [-0.25, -0.2) is 4.79 Å². The summed E-state index contributed by atoms with van der Waals surface area (Å²) in [6.07, 6.45) is 2.25. The second-order valence-corrected chi connectivity index (χ2v) is 10.1. The highest BCUT2D eigenvalue weighted by Gasteiger charge is 2.31. The van der Waals surface area contributed by atoms with Crippen molar-refractivity contribution in [1.82, 2.24) is 4.90 Å². The minimum absolute atomic E-state index is 0.0251. The van der Waals surface area contributed by atoms with Gasteiger partial charge in [-0.3, -0.25) is 19.8 Å². The van der Waals surface area contributed by atoms with Crippen molar-refractivity contribution in [2.45, 2.75) is 6.42 Å². The number of thiocarbonyl (C=S) groups is 1. The van der Waals surface area contributed by atoms with Crippen molar-refractivity contribution in [3.05, 3.63) is 92.4 Å². The quantitative estimate of drug-likeness (QED) is 0.0782. The number of esters is 1. The first-order valence-electron chi connectivity index (χ1n) is 11.8. The van der Waals surface area contributed by atoms with Crippen LogP contribution >= 0.6 is 24.0 Å². The molecule has 0 saturated carbocycles. The van der Waals surface area contributed by atoms with E-state index in [4.69, 9.17) is 31.2 Å². The van der Waals surface area contributed by atoms with Crippen LogP contribution in [0.15, 0.2) is 65.6 Å². The van der Waals surface area contributed by atoms with Crippen molar-refractivity contribution in [2.24, 2.45) is 0 Å². The monoisotopic (exact) mass is 580 g/mol. The number of nitrogens with zero attached hydrogens (tertiary/aromatic N) is 2. The van der Waals surface area contributed by atoms with Gasteiger partial charge in [0.25, 0.3) is 11.6 Å². The molecule has 206 valence electrons. The smallest absolute Gasteiger partial charge is 0.343 e. The van der Waals surface area contributed by atoms with Gasteiger partial charge in [0.15, 0.2) is 23.0 Å². The number of nitro groups is 1. The van der Waals surface area contributed by atoms with Crippen LogP contribution < -0.4 is 18.9 Å². The van der Waals surface area contributed by atoms with E-state index in [-0.39, 0.29) is 28.7 Å². The van der Waals surface area contributed by atoms with Gasteiger partial charge in [0, 0.05) is 18.7 Å². The van der Waals surface area contributed by atoms with Crippen LogP contribution in [0.2, 0.25) is 0 Å². The Bertz CT molecular complexity index is 1520. The second-order valence-electron chi connectivity index (χ2n) is 8.38. The molecule has 0 aliphatic carbocycles. The van der Waals surface area contributed by atoms with Crippen molar-refractivity contribution >= 4 is 51.9 Å². The lowest BCUT2D eigenvalue weighted by Gasteiger charge is -2.15. The average molecular weight is 581 g/mol. The summed E-state index contributed by atoms with van der Waals surface area (Å²) in [6.45, 7) is 0.396. The molecule has 0 N–H and O–H groups in total. The molecule has 0 aromatic heterocycles.